The van der Waals surface area contributed by atoms with Crippen molar-refractivity contribution in [3.63, 3.8) is 0 Å². The molecule has 0 unspecified atom stereocenters. The van der Waals surface area contributed by atoms with Crippen molar-refractivity contribution in [2.24, 2.45) is 0 Å². The van der Waals surface area contributed by atoms with Crippen LogP contribution in [-0.4, -0.2) is 19.9 Å². The highest BCUT2D eigenvalue weighted by molar-refractivity contribution is 9.10. The van der Waals surface area contributed by atoms with E-state index >= 15 is 0 Å². The number of halogens is 2. The lowest BCUT2D eigenvalue weighted by atomic mass is 9.95. The van der Waals surface area contributed by atoms with Crippen LogP contribution in [0.1, 0.15) is 11.1 Å². The smallest absolute Gasteiger partial charge is 0.135 e. The molecule has 0 saturated carbocycles. The summed E-state index contributed by atoms with van der Waals surface area (Å²) in [4.78, 5) is 20.0. The van der Waals surface area contributed by atoms with Gasteiger partial charge >= 0.3 is 0 Å². The third-order valence-electron chi connectivity index (χ3n) is 6.72. The van der Waals surface area contributed by atoms with Gasteiger partial charge in [0.1, 0.15) is 20.1 Å². The van der Waals surface area contributed by atoms with E-state index in [0.717, 1.165) is 81.9 Å². The van der Waals surface area contributed by atoms with Gasteiger partial charge in [-0.1, -0.05) is 140 Å². The summed E-state index contributed by atoms with van der Waals surface area (Å²) in [5.41, 5.74) is 8.06. The van der Waals surface area contributed by atoms with Crippen molar-refractivity contribution in [2.75, 3.05) is 0 Å². The van der Waals surface area contributed by atoms with E-state index in [2.05, 4.69) is 80.4 Å². The molecular weight excluding hydrogens is 728 g/mol. The first-order valence-corrected chi connectivity index (χ1v) is 17.7. The van der Waals surface area contributed by atoms with E-state index in [-0.39, 0.29) is 0 Å². The summed E-state index contributed by atoms with van der Waals surface area (Å²) in [6.45, 7) is 0. The quantitative estimate of drug-likeness (QED) is 0.178. The number of benzene rings is 4. The largest absolute Gasteiger partial charge is 0.237 e. The van der Waals surface area contributed by atoms with Crippen molar-refractivity contribution in [3.05, 3.63) is 126 Å². The van der Waals surface area contributed by atoms with Crippen LogP contribution in [-0.2, 0) is 0 Å². The fourth-order valence-electron chi connectivity index (χ4n) is 4.82. The molecule has 8 rings (SSSR count). The summed E-state index contributed by atoms with van der Waals surface area (Å²) in [6, 6.07) is 32.9. The Balaban J connectivity index is 1.39. The number of aromatic nitrogens is 4. The van der Waals surface area contributed by atoms with Gasteiger partial charge in [0.05, 0.1) is 30.5 Å². The van der Waals surface area contributed by atoms with Gasteiger partial charge in [-0.2, -0.15) is 0 Å². The first-order chi connectivity index (χ1) is 20.6. The third kappa shape index (κ3) is 4.82. The van der Waals surface area contributed by atoms with Gasteiger partial charge in [-0.15, -0.1) is 0 Å². The van der Waals surface area contributed by atoms with E-state index in [0.29, 0.717) is 0 Å². The maximum absolute atomic E-state index is 4.99. The molecule has 2 aliphatic heterocycles. The number of allylic oxidation sites excluding steroid dienone is 2. The first-order valence-electron chi connectivity index (χ1n) is 12.9. The zero-order valence-corrected chi connectivity index (χ0v) is 27.9. The summed E-state index contributed by atoms with van der Waals surface area (Å²) < 4.78 is 4.31. The number of nitrogens with zero attached hydrogens (tertiary/aromatic N) is 4. The number of rotatable bonds is 3. The summed E-state index contributed by atoms with van der Waals surface area (Å²) in [5.74, 6) is 0. The monoisotopic (exact) mass is 742 g/mol. The molecule has 0 aliphatic carbocycles. The number of hydrogen-bond donors (Lipinski definition) is 0. The second-order valence-electron chi connectivity index (χ2n) is 9.34. The molecule has 42 heavy (non-hydrogen) atoms. The molecule has 0 saturated heterocycles. The van der Waals surface area contributed by atoms with Crippen molar-refractivity contribution < 1.29 is 0 Å². The van der Waals surface area contributed by atoms with Crippen LogP contribution in [0.2, 0.25) is 0 Å². The fourth-order valence-corrected chi connectivity index (χ4v) is 10.6. The number of para-hydroxylation sites is 4. The zero-order chi connectivity index (χ0) is 28.2. The third-order valence-corrected chi connectivity index (χ3v) is 12.8. The molecule has 10 heteroatoms. The molecule has 0 radical (unpaired) electrons. The minimum absolute atomic E-state index is 0.902. The van der Waals surface area contributed by atoms with Gasteiger partial charge in [0.2, 0.25) is 0 Å². The van der Waals surface area contributed by atoms with Crippen molar-refractivity contribution >= 4 is 112 Å². The van der Waals surface area contributed by atoms with E-state index in [1.807, 2.05) is 48.5 Å². The molecule has 2 aliphatic rings. The Labute approximate surface area is 275 Å². The lowest BCUT2D eigenvalue weighted by Gasteiger charge is -2.20. The lowest BCUT2D eigenvalue weighted by molar-refractivity contribution is 0.981. The number of hydrogen-bond acceptors (Lipinski definition) is 8. The SMILES string of the molecule is Brc1ccccc1C(=C1Sc2nc3ccccc3nc2S1)C(=C1Sc2nc3ccccc3nc2S1)c1ccccc1Br. The van der Waals surface area contributed by atoms with Crippen LogP contribution in [0.5, 0.6) is 0 Å². The minimum atomic E-state index is 0.902. The molecule has 0 bridgehead atoms. The van der Waals surface area contributed by atoms with Gasteiger partial charge in [-0.25, -0.2) is 19.9 Å². The van der Waals surface area contributed by atoms with E-state index in [4.69, 9.17) is 19.9 Å². The molecule has 2 aromatic heterocycles. The van der Waals surface area contributed by atoms with Crippen LogP contribution in [0.4, 0.5) is 0 Å². The van der Waals surface area contributed by atoms with Crippen molar-refractivity contribution in [3.8, 4) is 0 Å². The molecule has 0 amide bonds. The summed E-state index contributed by atoms with van der Waals surface area (Å²) >= 11 is 14.5. The molecule has 4 heterocycles. The van der Waals surface area contributed by atoms with E-state index in [1.165, 1.54) is 0 Å². The van der Waals surface area contributed by atoms with Crippen molar-refractivity contribution in [2.45, 2.75) is 20.1 Å². The second-order valence-corrected chi connectivity index (χ2v) is 15.6. The van der Waals surface area contributed by atoms with Crippen molar-refractivity contribution in [1.29, 1.82) is 0 Å². The van der Waals surface area contributed by atoms with Crippen LogP contribution in [0.3, 0.4) is 0 Å². The molecule has 0 spiro atoms. The molecule has 4 aromatic carbocycles. The highest BCUT2D eigenvalue weighted by atomic mass is 79.9. The summed E-state index contributed by atoms with van der Waals surface area (Å²) in [7, 11) is 0. The van der Waals surface area contributed by atoms with Crippen LogP contribution < -0.4 is 0 Å². The standard InChI is InChI=1S/C32H16Br2N4S4/c33-19-11-3-1-9-17(19)25(31-39-27-28(40-31)36-22-14-6-5-13-21(22)35-27)26(18-10-2-4-12-20(18)34)32-41-29-30(42-32)38-24-16-8-7-15-23(24)37-29/h1-16H. The molecule has 0 atom stereocenters. The predicted octanol–water partition coefficient (Wildman–Crippen LogP) is 10.9. The Hall–Kier alpha value is -2.60. The van der Waals surface area contributed by atoms with Crippen LogP contribution in [0.15, 0.2) is 135 Å². The van der Waals surface area contributed by atoms with E-state index in [9.17, 15) is 0 Å². The fraction of sp³-hybridized carbons (Fsp3) is 0. The van der Waals surface area contributed by atoms with Crippen LogP contribution in [0, 0.1) is 0 Å². The van der Waals surface area contributed by atoms with Gasteiger partial charge < -0.3 is 0 Å². The minimum Gasteiger partial charge on any atom is -0.237 e. The normalized spacial score (nSPS) is 14.0. The number of thioether (sulfide) groups is 4. The highest BCUT2D eigenvalue weighted by Gasteiger charge is 2.33. The van der Waals surface area contributed by atoms with Gasteiger partial charge in [-0.05, 0) is 47.5 Å². The van der Waals surface area contributed by atoms with Crippen LogP contribution in [0.25, 0.3) is 33.2 Å². The highest BCUT2D eigenvalue weighted by Crippen LogP contribution is 2.60. The Morgan fingerprint density at radius 3 is 1.00 bits per heavy atom. The Kier molecular flexibility index (Phi) is 7.17. The first kappa shape index (κ1) is 27.0. The predicted molar refractivity (Wildman–Crippen MR) is 185 cm³/mol. The van der Waals surface area contributed by atoms with Crippen molar-refractivity contribution in [1.82, 2.24) is 19.9 Å². The maximum Gasteiger partial charge on any atom is 0.135 e. The van der Waals surface area contributed by atoms with E-state index < -0.39 is 0 Å². The topological polar surface area (TPSA) is 51.6 Å². The molecular formula is C32H16Br2N4S4. The molecule has 4 nitrogen and oxygen atoms in total. The summed E-state index contributed by atoms with van der Waals surface area (Å²) in [5, 5.41) is 3.72. The van der Waals surface area contributed by atoms with Crippen LogP contribution >= 0.6 is 78.9 Å². The second kappa shape index (κ2) is 11.2. The summed E-state index contributed by atoms with van der Waals surface area (Å²) in [6.07, 6.45) is 0. The average Bonchev–Trinajstić information content (AvgIpc) is 3.61. The number of fused-ring (bicyclic) bond motifs is 4. The molecule has 0 fully saturated rings. The Morgan fingerprint density at radius 2 is 0.690 bits per heavy atom. The Morgan fingerprint density at radius 1 is 0.405 bits per heavy atom. The van der Waals surface area contributed by atoms with Gasteiger partial charge in [0.25, 0.3) is 0 Å². The van der Waals surface area contributed by atoms with Gasteiger partial charge in [0, 0.05) is 20.1 Å². The lowest BCUT2D eigenvalue weighted by Crippen LogP contribution is -1.97. The Bertz CT molecular complexity index is 1900. The zero-order valence-electron chi connectivity index (χ0n) is 21.4. The average molecular weight is 745 g/mol. The molecule has 202 valence electrons. The molecule has 6 aromatic rings. The van der Waals surface area contributed by atoms with Gasteiger partial charge in [0.15, 0.2) is 0 Å². The van der Waals surface area contributed by atoms with E-state index in [1.54, 1.807) is 47.0 Å². The van der Waals surface area contributed by atoms with Gasteiger partial charge in [-0.3, -0.25) is 0 Å². The maximum atomic E-state index is 4.99. The molecule has 0 N–H and O–H groups in total.